The number of aromatic nitrogens is 1. The van der Waals surface area contributed by atoms with Crippen molar-refractivity contribution in [2.24, 2.45) is 5.92 Å². The van der Waals surface area contributed by atoms with Gasteiger partial charge in [0.1, 0.15) is 5.60 Å². The Morgan fingerprint density at radius 1 is 1.35 bits per heavy atom. The zero-order chi connectivity index (χ0) is 15.4. The van der Waals surface area contributed by atoms with Crippen LogP contribution in [0.25, 0.3) is 10.4 Å². The first-order valence-corrected chi connectivity index (χ1v) is 9.03. The van der Waals surface area contributed by atoms with E-state index in [4.69, 9.17) is 4.74 Å². The molecule has 3 fully saturated rings. The van der Waals surface area contributed by atoms with Crippen LogP contribution in [0.3, 0.4) is 0 Å². The molecular weight excluding hydrogens is 308 g/mol. The molecule has 0 unspecified atom stereocenters. The quantitative estimate of drug-likeness (QED) is 0.796. The molecule has 1 spiro atoms. The van der Waals surface area contributed by atoms with Crippen molar-refractivity contribution in [3.8, 4) is 16.3 Å². The van der Waals surface area contributed by atoms with Crippen molar-refractivity contribution in [1.29, 1.82) is 0 Å². The highest BCUT2D eigenvalue weighted by Crippen LogP contribution is 2.46. The second-order valence-electron chi connectivity index (χ2n) is 6.90. The van der Waals surface area contributed by atoms with Crippen LogP contribution < -0.4 is 4.74 Å². The minimum atomic E-state index is -0.0478. The molecule has 23 heavy (non-hydrogen) atoms. The Hall–Kier alpha value is -1.72. The van der Waals surface area contributed by atoms with E-state index in [0.717, 1.165) is 40.4 Å². The Morgan fingerprint density at radius 3 is 2.91 bits per heavy atom. The lowest BCUT2D eigenvalue weighted by Crippen LogP contribution is -2.61. The molecule has 0 aromatic carbocycles. The van der Waals surface area contributed by atoms with E-state index in [1.165, 1.54) is 42.8 Å². The molecule has 4 nitrogen and oxygen atoms in total. The van der Waals surface area contributed by atoms with Crippen LogP contribution in [0.4, 0.5) is 0 Å². The fraction of sp³-hybridized carbons (Fsp3) is 0.444. The van der Waals surface area contributed by atoms with Gasteiger partial charge in [0.2, 0.25) is 5.88 Å². The average Bonchev–Trinajstić information content (AvgIpc) is 3.19. The summed E-state index contributed by atoms with van der Waals surface area (Å²) in [6.07, 6.45) is 6.24. The van der Waals surface area contributed by atoms with Gasteiger partial charge in [0, 0.05) is 41.1 Å². The fourth-order valence-electron chi connectivity index (χ4n) is 4.41. The van der Waals surface area contributed by atoms with Crippen LogP contribution in [0.5, 0.6) is 5.88 Å². The van der Waals surface area contributed by atoms with E-state index in [2.05, 4.69) is 16.0 Å². The van der Waals surface area contributed by atoms with Crippen LogP contribution in [-0.2, 0) is 6.42 Å². The van der Waals surface area contributed by atoms with E-state index in [1.807, 2.05) is 18.3 Å². The van der Waals surface area contributed by atoms with E-state index < -0.39 is 0 Å². The number of carbonyl (C=O) groups excluding carboxylic acids is 1. The summed E-state index contributed by atoms with van der Waals surface area (Å²) in [5.41, 5.74) is 2.26. The van der Waals surface area contributed by atoms with Crippen molar-refractivity contribution in [2.45, 2.75) is 24.9 Å². The van der Waals surface area contributed by atoms with Gasteiger partial charge in [0.15, 0.2) is 6.29 Å². The molecule has 0 radical (unpaired) electrons. The van der Waals surface area contributed by atoms with E-state index in [-0.39, 0.29) is 5.60 Å². The molecule has 5 heteroatoms. The molecule has 0 aliphatic carbocycles. The Bertz CT molecular complexity index is 779. The van der Waals surface area contributed by atoms with Gasteiger partial charge in [-0.05, 0) is 44.1 Å². The molecule has 4 aliphatic rings. The molecule has 0 N–H and O–H groups in total. The number of hydrogen-bond donors (Lipinski definition) is 0. The SMILES string of the molecule is O=Cc1ccc(-c2cnc3c(c2)C[C@@]2(CN4CCC2CC4)O3)s1. The van der Waals surface area contributed by atoms with Gasteiger partial charge in [-0.25, -0.2) is 4.98 Å². The number of thiophene rings is 1. The monoisotopic (exact) mass is 326 g/mol. The summed E-state index contributed by atoms with van der Waals surface area (Å²) in [5.74, 6) is 1.48. The molecule has 3 saturated heterocycles. The van der Waals surface area contributed by atoms with Crippen LogP contribution >= 0.6 is 11.3 Å². The zero-order valence-corrected chi connectivity index (χ0v) is 13.6. The van der Waals surface area contributed by atoms with Gasteiger partial charge in [-0.1, -0.05) is 0 Å². The summed E-state index contributed by atoms with van der Waals surface area (Å²) in [5, 5.41) is 0. The number of pyridine rings is 1. The maximum absolute atomic E-state index is 10.9. The highest BCUT2D eigenvalue weighted by atomic mass is 32.1. The molecule has 2 aromatic rings. The highest BCUT2D eigenvalue weighted by Gasteiger charge is 2.52. The Morgan fingerprint density at radius 2 is 2.22 bits per heavy atom. The molecular formula is C18H18N2O2S. The molecule has 1 atom stereocenters. The third-order valence-electron chi connectivity index (χ3n) is 5.57. The number of fused-ring (bicyclic) bond motifs is 3. The molecule has 0 amide bonds. The number of ether oxygens (including phenoxy) is 1. The van der Waals surface area contributed by atoms with Gasteiger partial charge in [0.05, 0.1) is 4.88 Å². The molecule has 6 rings (SSSR count). The first kappa shape index (κ1) is 13.7. The van der Waals surface area contributed by atoms with Crippen LogP contribution in [0.15, 0.2) is 24.4 Å². The summed E-state index contributed by atoms with van der Waals surface area (Å²) in [4.78, 5) is 19.8. The van der Waals surface area contributed by atoms with Gasteiger partial charge >= 0.3 is 0 Å². The molecule has 4 aliphatic heterocycles. The van der Waals surface area contributed by atoms with Gasteiger partial charge in [-0.15, -0.1) is 11.3 Å². The zero-order valence-electron chi connectivity index (χ0n) is 12.8. The number of rotatable bonds is 2. The summed E-state index contributed by atoms with van der Waals surface area (Å²) < 4.78 is 6.38. The summed E-state index contributed by atoms with van der Waals surface area (Å²) >= 11 is 1.51. The topological polar surface area (TPSA) is 42.4 Å². The van der Waals surface area contributed by atoms with Crippen molar-refractivity contribution >= 4 is 17.6 Å². The van der Waals surface area contributed by atoms with E-state index in [1.54, 1.807) is 0 Å². The van der Waals surface area contributed by atoms with E-state index in [0.29, 0.717) is 5.92 Å². The van der Waals surface area contributed by atoms with Crippen molar-refractivity contribution in [3.05, 3.63) is 34.8 Å². The van der Waals surface area contributed by atoms with E-state index in [9.17, 15) is 4.79 Å². The molecule has 118 valence electrons. The van der Waals surface area contributed by atoms with Crippen LogP contribution in [-0.4, -0.2) is 41.4 Å². The third kappa shape index (κ3) is 2.07. The first-order chi connectivity index (χ1) is 11.3. The van der Waals surface area contributed by atoms with Crippen molar-refractivity contribution < 1.29 is 9.53 Å². The smallest absolute Gasteiger partial charge is 0.217 e. The third-order valence-corrected chi connectivity index (χ3v) is 6.62. The second-order valence-corrected chi connectivity index (χ2v) is 8.02. The number of aldehydes is 1. The van der Waals surface area contributed by atoms with E-state index >= 15 is 0 Å². The van der Waals surface area contributed by atoms with Gasteiger partial charge in [-0.2, -0.15) is 0 Å². The lowest BCUT2D eigenvalue weighted by molar-refractivity contribution is -0.0814. The minimum absolute atomic E-state index is 0.0478. The van der Waals surface area contributed by atoms with Crippen LogP contribution in [0.2, 0.25) is 0 Å². The summed E-state index contributed by atoms with van der Waals surface area (Å²) in [7, 11) is 0. The Kier molecular flexibility index (Phi) is 2.91. The largest absolute Gasteiger partial charge is 0.469 e. The maximum Gasteiger partial charge on any atom is 0.217 e. The lowest BCUT2D eigenvalue weighted by Gasteiger charge is -2.50. The van der Waals surface area contributed by atoms with Crippen molar-refractivity contribution in [2.75, 3.05) is 19.6 Å². The Balaban J connectivity index is 1.48. The number of nitrogens with zero attached hydrogens (tertiary/aromatic N) is 2. The average molecular weight is 326 g/mol. The summed E-state index contributed by atoms with van der Waals surface area (Å²) in [6, 6.07) is 6.07. The molecule has 6 heterocycles. The van der Waals surface area contributed by atoms with Crippen molar-refractivity contribution in [1.82, 2.24) is 9.88 Å². The first-order valence-electron chi connectivity index (χ1n) is 8.21. The number of carbonyl (C=O) groups is 1. The highest BCUT2D eigenvalue weighted by molar-refractivity contribution is 7.17. The van der Waals surface area contributed by atoms with Crippen LogP contribution in [0.1, 0.15) is 28.1 Å². The predicted octanol–water partition coefficient (Wildman–Crippen LogP) is 3.02. The molecule has 2 aromatic heterocycles. The van der Waals surface area contributed by atoms with Gasteiger partial charge < -0.3 is 4.74 Å². The Labute approximate surface area is 139 Å². The van der Waals surface area contributed by atoms with Crippen LogP contribution in [0, 0.1) is 5.92 Å². The minimum Gasteiger partial charge on any atom is -0.469 e. The molecule has 2 bridgehead atoms. The maximum atomic E-state index is 10.9. The van der Waals surface area contributed by atoms with Gasteiger partial charge in [-0.3, -0.25) is 9.69 Å². The molecule has 0 saturated carbocycles. The lowest BCUT2D eigenvalue weighted by atomic mass is 9.73. The fourth-order valence-corrected chi connectivity index (χ4v) is 5.22. The second kappa shape index (κ2) is 4.89. The standard InChI is InChI=1S/C18H18N2O2S/c21-10-15-1-2-16(23-15)13-7-12-8-18(22-17(12)19-9-13)11-20-5-3-14(18)4-6-20/h1-2,7,9-10,14H,3-6,8,11H2/t18-/m0/s1. The van der Waals surface area contributed by atoms with Crippen molar-refractivity contribution in [3.63, 3.8) is 0 Å². The summed E-state index contributed by atoms with van der Waals surface area (Å²) in [6.45, 7) is 3.47. The predicted molar refractivity (Wildman–Crippen MR) is 89.2 cm³/mol. The normalized spacial score (nSPS) is 31.1. The number of piperidine rings is 3. The number of hydrogen-bond acceptors (Lipinski definition) is 5. The van der Waals surface area contributed by atoms with Gasteiger partial charge in [0.25, 0.3) is 0 Å².